The molecule has 5 nitrogen and oxygen atoms in total. The Hall–Kier alpha value is -1.59. The predicted octanol–water partition coefficient (Wildman–Crippen LogP) is 1.94. The minimum absolute atomic E-state index is 0.151. The summed E-state index contributed by atoms with van der Waals surface area (Å²) in [5, 5.41) is 2.72. The quantitative estimate of drug-likeness (QED) is 0.798. The Labute approximate surface area is 101 Å². The van der Waals surface area contributed by atoms with Crippen LogP contribution < -0.4 is 10.1 Å². The van der Waals surface area contributed by atoms with E-state index in [9.17, 15) is 4.79 Å². The second-order valence-corrected chi connectivity index (χ2v) is 3.44. The molecule has 1 aromatic carbocycles. The molecule has 0 heterocycles. The third-order valence-corrected chi connectivity index (χ3v) is 2.25. The molecule has 0 fully saturated rings. The topological polar surface area (TPSA) is 56.8 Å². The molecule has 1 rings (SSSR count). The smallest absolute Gasteiger partial charge is 0.221 e. The molecule has 0 aliphatic rings. The van der Waals surface area contributed by atoms with E-state index in [1.807, 2.05) is 0 Å². The van der Waals surface area contributed by atoms with Crippen molar-refractivity contribution in [3.05, 3.63) is 23.8 Å². The molecule has 0 saturated carbocycles. The highest BCUT2D eigenvalue weighted by Gasteiger charge is 2.15. The van der Waals surface area contributed by atoms with E-state index in [1.165, 1.54) is 21.1 Å². The molecule has 0 aliphatic carbocycles. The molecule has 0 aromatic heterocycles. The van der Waals surface area contributed by atoms with Crippen LogP contribution >= 0.6 is 0 Å². The van der Waals surface area contributed by atoms with Crippen LogP contribution in [0.2, 0.25) is 0 Å². The van der Waals surface area contributed by atoms with Crippen molar-refractivity contribution in [3.8, 4) is 5.75 Å². The summed E-state index contributed by atoms with van der Waals surface area (Å²) in [6.07, 6.45) is -0.549. The van der Waals surface area contributed by atoms with E-state index in [4.69, 9.17) is 14.2 Å². The van der Waals surface area contributed by atoms with Gasteiger partial charge in [0.2, 0.25) is 5.91 Å². The number of methoxy groups -OCH3 is 3. The van der Waals surface area contributed by atoms with Crippen molar-refractivity contribution in [2.45, 2.75) is 13.2 Å². The summed E-state index contributed by atoms with van der Waals surface area (Å²) in [6, 6.07) is 5.28. The molecular formula is C12H17NO4. The fourth-order valence-electron chi connectivity index (χ4n) is 1.52. The minimum Gasteiger partial charge on any atom is -0.497 e. The van der Waals surface area contributed by atoms with Crippen molar-refractivity contribution in [3.63, 3.8) is 0 Å². The van der Waals surface area contributed by atoms with Gasteiger partial charge in [-0.05, 0) is 18.2 Å². The van der Waals surface area contributed by atoms with E-state index in [2.05, 4.69) is 5.32 Å². The number of nitrogens with one attached hydrogen (secondary N) is 1. The molecule has 0 saturated heterocycles. The number of hydrogen-bond acceptors (Lipinski definition) is 4. The minimum atomic E-state index is -0.549. The Morgan fingerprint density at radius 1 is 1.24 bits per heavy atom. The molecule has 1 aromatic rings. The molecule has 0 radical (unpaired) electrons. The lowest BCUT2D eigenvalue weighted by atomic mass is 10.1. The zero-order valence-electron chi connectivity index (χ0n) is 10.4. The van der Waals surface area contributed by atoms with Gasteiger partial charge >= 0.3 is 0 Å². The van der Waals surface area contributed by atoms with Gasteiger partial charge in [-0.15, -0.1) is 0 Å². The van der Waals surface area contributed by atoms with Gasteiger partial charge in [0, 0.05) is 32.4 Å². The second kappa shape index (κ2) is 6.22. The Morgan fingerprint density at radius 3 is 2.35 bits per heavy atom. The normalized spacial score (nSPS) is 10.4. The zero-order chi connectivity index (χ0) is 12.8. The first-order valence-electron chi connectivity index (χ1n) is 5.13. The van der Waals surface area contributed by atoms with E-state index >= 15 is 0 Å². The fraction of sp³-hybridized carbons (Fsp3) is 0.417. The number of anilines is 1. The van der Waals surface area contributed by atoms with Crippen molar-refractivity contribution in [1.82, 2.24) is 0 Å². The van der Waals surface area contributed by atoms with Crippen LogP contribution in [0.25, 0.3) is 0 Å². The number of benzene rings is 1. The van der Waals surface area contributed by atoms with Crippen LogP contribution in [0.5, 0.6) is 5.75 Å². The van der Waals surface area contributed by atoms with Gasteiger partial charge in [0.15, 0.2) is 6.29 Å². The van der Waals surface area contributed by atoms with Gasteiger partial charge in [-0.25, -0.2) is 0 Å². The summed E-state index contributed by atoms with van der Waals surface area (Å²) in [5.74, 6) is 0.524. The molecule has 1 N–H and O–H groups in total. The van der Waals surface area contributed by atoms with E-state index in [1.54, 1.807) is 25.3 Å². The molecule has 94 valence electrons. The van der Waals surface area contributed by atoms with Crippen LogP contribution in [0.4, 0.5) is 5.69 Å². The monoisotopic (exact) mass is 239 g/mol. The van der Waals surface area contributed by atoms with Crippen molar-refractivity contribution in [1.29, 1.82) is 0 Å². The average molecular weight is 239 g/mol. The first kappa shape index (κ1) is 13.5. The average Bonchev–Trinajstić information content (AvgIpc) is 2.32. The van der Waals surface area contributed by atoms with Crippen LogP contribution in [-0.4, -0.2) is 27.2 Å². The maximum Gasteiger partial charge on any atom is 0.221 e. The summed E-state index contributed by atoms with van der Waals surface area (Å²) < 4.78 is 15.5. The third-order valence-electron chi connectivity index (χ3n) is 2.25. The standard InChI is InChI=1S/C12H17NO4/c1-8(14)13-11-6-5-9(15-2)7-10(11)12(16-3)17-4/h5-7,12H,1-4H3,(H,13,14). The van der Waals surface area contributed by atoms with Crippen LogP contribution in [0.15, 0.2) is 18.2 Å². The summed E-state index contributed by atoms with van der Waals surface area (Å²) in [4.78, 5) is 11.1. The van der Waals surface area contributed by atoms with E-state index in [-0.39, 0.29) is 5.91 Å². The molecular weight excluding hydrogens is 222 g/mol. The highest BCUT2D eigenvalue weighted by molar-refractivity contribution is 5.89. The van der Waals surface area contributed by atoms with Crippen molar-refractivity contribution >= 4 is 11.6 Å². The molecule has 0 spiro atoms. The molecule has 5 heteroatoms. The molecule has 1 amide bonds. The number of carbonyl (C=O) groups is 1. The number of rotatable bonds is 5. The van der Waals surface area contributed by atoms with E-state index in [0.717, 1.165) is 0 Å². The van der Waals surface area contributed by atoms with Crippen LogP contribution in [-0.2, 0) is 14.3 Å². The van der Waals surface area contributed by atoms with Gasteiger partial charge in [-0.2, -0.15) is 0 Å². The maximum atomic E-state index is 11.1. The van der Waals surface area contributed by atoms with Gasteiger partial charge in [0.25, 0.3) is 0 Å². The number of amides is 1. The maximum absolute atomic E-state index is 11.1. The largest absolute Gasteiger partial charge is 0.497 e. The van der Waals surface area contributed by atoms with Gasteiger partial charge in [0.1, 0.15) is 5.75 Å². The van der Waals surface area contributed by atoms with Crippen molar-refractivity contribution in [2.75, 3.05) is 26.6 Å². The first-order valence-corrected chi connectivity index (χ1v) is 5.13. The highest BCUT2D eigenvalue weighted by atomic mass is 16.7. The van der Waals surface area contributed by atoms with E-state index in [0.29, 0.717) is 17.0 Å². The van der Waals surface area contributed by atoms with Gasteiger partial charge in [0.05, 0.1) is 7.11 Å². The zero-order valence-corrected chi connectivity index (χ0v) is 10.4. The van der Waals surface area contributed by atoms with Gasteiger partial charge < -0.3 is 19.5 Å². The van der Waals surface area contributed by atoms with Gasteiger partial charge in [-0.1, -0.05) is 0 Å². The Morgan fingerprint density at radius 2 is 1.88 bits per heavy atom. The van der Waals surface area contributed by atoms with Crippen LogP contribution in [0.3, 0.4) is 0 Å². The predicted molar refractivity (Wildman–Crippen MR) is 64.1 cm³/mol. The molecule has 17 heavy (non-hydrogen) atoms. The lowest BCUT2D eigenvalue weighted by molar-refractivity contribution is -0.114. The summed E-state index contributed by atoms with van der Waals surface area (Å²) in [7, 11) is 4.64. The third kappa shape index (κ3) is 3.44. The second-order valence-electron chi connectivity index (χ2n) is 3.44. The number of carbonyl (C=O) groups excluding carboxylic acids is 1. The van der Waals surface area contributed by atoms with Crippen molar-refractivity contribution in [2.24, 2.45) is 0 Å². The molecule has 0 atom stereocenters. The highest BCUT2D eigenvalue weighted by Crippen LogP contribution is 2.29. The SMILES string of the molecule is COc1ccc(NC(C)=O)c(C(OC)OC)c1. The number of ether oxygens (including phenoxy) is 3. The molecule has 0 unspecified atom stereocenters. The van der Waals surface area contributed by atoms with Crippen molar-refractivity contribution < 1.29 is 19.0 Å². The first-order chi connectivity index (χ1) is 8.12. The number of hydrogen-bond donors (Lipinski definition) is 1. The van der Waals surface area contributed by atoms with Gasteiger partial charge in [-0.3, -0.25) is 4.79 Å². The fourth-order valence-corrected chi connectivity index (χ4v) is 1.52. The Balaban J connectivity index is 3.14. The summed E-state index contributed by atoms with van der Waals surface area (Å²) in [5.41, 5.74) is 1.36. The summed E-state index contributed by atoms with van der Waals surface area (Å²) in [6.45, 7) is 1.45. The lowest BCUT2D eigenvalue weighted by Crippen LogP contribution is -2.12. The molecule has 0 aliphatic heterocycles. The Bertz CT molecular complexity index is 388. The van der Waals surface area contributed by atoms with E-state index < -0.39 is 6.29 Å². The van der Waals surface area contributed by atoms with Crippen LogP contribution in [0, 0.1) is 0 Å². The van der Waals surface area contributed by atoms with Crippen LogP contribution in [0.1, 0.15) is 18.8 Å². The Kier molecular flexibility index (Phi) is 4.93. The molecule has 0 bridgehead atoms. The summed E-state index contributed by atoms with van der Waals surface area (Å²) >= 11 is 0. The lowest BCUT2D eigenvalue weighted by Gasteiger charge is -2.18.